The Labute approximate surface area is 196 Å². The third kappa shape index (κ3) is 6.30. The molecule has 0 unspecified atom stereocenters. The summed E-state index contributed by atoms with van der Waals surface area (Å²) in [5.74, 6) is 0.557. The number of alkyl halides is 3. The lowest BCUT2D eigenvalue weighted by Crippen LogP contribution is -2.16. The molecule has 3 aromatic rings. The highest BCUT2D eigenvalue weighted by Crippen LogP contribution is 2.34. The van der Waals surface area contributed by atoms with Gasteiger partial charge in [0.05, 0.1) is 22.0 Å². The molecule has 0 spiro atoms. The highest BCUT2D eigenvalue weighted by molar-refractivity contribution is 7.99. The molecule has 0 atom stereocenters. The van der Waals surface area contributed by atoms with Crippen LogP contribution in [0.5, 0.6) is 5.75 Å². The number of nitrogens with zero attached hydrogens (tertiary/aromatic N) is 3. The number of thioether (sulfide) groups is 1. The quantitative estimate of drug-likeness (QED) is 0.384. The number of hydrogen-bond acceptors (Lipinski definition) is 5. The summed E-state index contributed by atoms with van der Waals surface area (Å²) in [6.07, 6.45) is -4.54. The highest BCUT2D eigenvalue weighted by Gasteiger charge is 2.31. The van der Waals surface area contributed by atoms with Gasteiger partial charge in [0, 0.05) is 11.6 Å². The molecule has 1 heterocycles. The molecule has 1 N–H and O–H groups in total. The van der Waals surface area contributed by atoms with Gasteiger partial charge in [-0.05, 0) is 49.4 Å². The Hall–Kier alpha value is -2.43. The molecule has 2 aromatic carbocycles. The van der Waals surface area contributed by atoms with Gasteiger partial charge in [-0.15, -0.1) is 10.2 Å². The molecule has 0 radical (unpaired) electrons. The van der Waals surface area contributed by atoms with Crippen molar-refractivity contribution >= 4 is 46.6 Å². The Balaban J connectivity index is 1.61. The molecule has 170 valence electrons. The van der Waals surface area contributed by atoms with Gasteiger partial charge in [-0.1, -0.05) is 35.0 Å². The molecule has 1 amide bonds. The second-order valence-corrected chi connectivity index (χ2v) is 8.20. The average molecular weight is 505 g/mol. The van der Waals surface area contributed by atoms with Crippen molar-refractivity contribution in [1.82, 2.24) is 14.8 Å². The number of aromatic nitrogens is 3. The minimum absolute atomic E-state index is 0.00899. The lowest BCUT2D eigenvalue weighted by molar-refractivity contribution is -0.137. The summed E-state index contributed by atoms with van der Waals surface area (Å²) in [5.41, 5.74) is -1.01. The summed E-state index contributed by atoms with van der Waals surface area (Å²) in [7, 11) is 0. The van der Waals surface area contributed by atoms with Crippen molar-refractivity contribution in [3.05, 3.63) is 63.9 Å². The van der Waals surface area contributed by atoms with Crippen LogP contribution in [0.15, 0.2) is 47.6 Å². The van der Waals surface area contributed by atoms with Crippen LogP contribution < -0.4 is 10.1 Å². The zero-order valence-corrected chi connectivity index (χ0v) is 18.9. The molecule has 6 nitrogen and oxygen atoms in total. The number of ether oxygens (including phenoxy) is 1. The Bertz CT molecular complexity index is 1090. The lowest BCUT2D eigenvalue weighted by atomic mass is 10.2. The van der Waals surface area contributed by atoms with Gasteiger partial charge in [0.1, 0.15) is 12.4 Å². The zero-order valence-electron chi connectivity index (χ0n) is 16.6. The topological polar surface area (TPSA) is 69.0 Å². The molecular weight excluding hydrogens is 488 g/mol. The van der Waals surface area contributed by atoms with Gasteiger partial charge >= 0.3 is 6.18 Å². The number of benzene rings is 2. The predicted molar refractivity (Wildman–Crippen MR) is 117 cm³/mol. The van der Waals surface area contributed by atoms with Crippen molar-refractivity contribution in [3.8, 4) is 5.75 Å². The lowest BCUT2D eigenvalue weighted by Gasteiger charge is -2.12. The van der Waals surface area contributed by atoms with E-state index in [1.165, 1.54) is 0 Å². The molecule has 0 aliphatic carbocycles. The van der Waals surface area contributed by atoms with E-state index in [0.717, 1.165) is 30.0 Å². The maximum absolute atomic E-state index is 12.9. The van der Waals surface area contributed by atoms with Gasteiger partial charge in [-0.3, -0.25) is 4.79 Å². The van der Waals surface area contributed by atoms with E-state index >= 15 is 0 Å². The normalized spacial score (nSPS) is 11.4. The van der Waals surface area contributed by atoms with Gasteiger partial charge < -0.3 is 14.6 Å². The van der Waals surface area contributed by atoms with Crippen LogP contribution in [0.4, 0.5) is 18.9 Å². The van der Waals surface area contributed by atoms with Crippen molar-refractivity contribution in [2.75, 3.05) is 11.1 Å². The van der Waals surface area contributed by atoms with Gasteiger partial charge in [0.2, 0.25) is 5.91 Å². The summed E-state index contributed by atoms with van der Waals surface area (Å²) in [5, 5.41) is 11.7. The molecule has 0 aliphatic rings. The monoisotopic (exact) mass is 504 g/mol. The first-order valence-electron chi connectivity index (χ1n) is 9.27. The number of carbonyl (C=O) groups excluding carboxylic acids is 1. The smallest absolute Gasteiger partial charge is 0.416 e. The third-order valence-electron chi connectivity index (χ3n) is 4.19. The molecular formula is C20H17Cl2F3N4O2S. The largest absolute Gasteiger partial charge is 0.486 e. The van der Waals surface area contributed by atoms with Crippen LogP contribution in [-0.2, 0) is 24.1 Å². The first kappa shape index (κ1) is 24.2. The second kappa shape index (κ2) is 10.5. The standard InChI is InChI=1S/C20H17Cl2F3N4O2S/c1-2-29-17(10-31-14-6-4-13(21)5-7-14)27-28-19(29)32-11-18(30)26-16-9-12(20(23,24)25)3-8-15(16)22/h3-9H,2,10-11H2,1H3,(H,26,30). The maximum atomic E-state index is 12.9. The number of anilines is 1. The predicted octanol–water partition coefficient (Wildman–Crippen LogP) is 5.93. The Morgan fingerprint density at radius 2 is 1.88 bits per heavy atom. The maximum Gasteiger partial charge on any atom is 0.416 e. The van der Waals surface area contributed by atoms with Crippen molar-refractivity contribution in [3.63, 3.8) is 0 Å². The van der Waals surface area contributed by atoms with E-state index in [0.29, 0.717) is 28.3 Å². The van der Waals surface area contributed by atoms with Gasteiger partial charge in [0.25, 0.3) is 0 Å². The number of halogens is 5. The van der Waals surface area contributed by atoms with Crippen molar-refractivity contribution in [2.24, 2.45) is 0 Å². The van der Waals surface area contributed by atoms with Gasteiger partial charge in [0.15, 0.2) is 11.0 Å². The van der Waals surface area contributed by atoms with E-state index in [2.05, 4.69) is 15.5 Å². The van der Waals surface area contributed by atoms with E-state index in [9.17, 15) is 18.0 Å². The van der Waals surface area contributed by atoms with E-state index in [4.69, 9.17) is 27.9 Å². The molecule has 32 heavy (non-hydrogen) atoms. The van der Waals surface area contributed by atoms with Crippen LogP contribution in [0.2, 0.25) is 10.0 Å². The Morgan fingerprint density at radius 3 is 2.53 bits per heavy atom. The number of hydrogen-bond donors (Lipinski definition) is 1. The Kier molecular flexibility index (Phi) is 7.91. The summed E-state index contributed by atoms with van der Waals surface area (Å²) in [6.45, 7) is 2.59. The Morgan fingerprint density at radius 1 is 1.16 bits per heavy atom. The number of rotatable bonds is 8. The van der Waals surface area contributed by atoms with E-state index in [1.807, 2.05) is 6.92 Å². The van der Waals surface area contributed by atoms with E-state index < -0.39 is 17.6 Å². The molecule has 3 rings (SSSR count). The van der Waals surface area contributed by atoms with Crippen molar-refractivity contribution in [2.45, 2.75) is 31.4 Å². The zero-order chi connectivity index (χ0) is 23.3. The summed E-state index contributed by atoms with van der Waals surface area (Å²) in [4.78, 5) is 12.3. The first-order chi connectivity index (χ1) is 15.2. The first-order valence-corrected chi connectivity index (χ1v) is 11.0. The summed E-state index contributed by atoms with van der Waals surface area (Å²) >= 11 is 12.9. The van der Waals surface area contributed by atoms with E-state index in [-0.39, 0.29) is 23.1 Å². The number of nitrogens with one attached hydrogen (secondary N) is 1. The minimum Gasteiger partial charge on any atom is -0.486 e. The van der Waals surface area contributed by atoms with Crippen LogP contribution in [0.25, 0.3) is 0 Å². The van der Waals surface area contributed by atoms with Crippen molar-refractivity contribution < 1.29 is 22.7 Å². The van der Waals surface area contributed by atoms with Gasteiger partial charge in [-0.25, -0.2) is 0 Å². The molecule has 0 saturated carbocycles. The fourth-order valence-corrected chi connectivity index (χ4v) is 3.75. The van der Waals surface area contributed by atoms with Gasteiger partial charge in [-0.2, -0.15) is 13.2 Å². The molecule has 0 aliphatic heterocycles. The van der Waals surface area contributed by atoms with Crippen LogP contribution in [-0.4, -0.2) is 26.4 Å². The molecule has 12 heteroatoms. The summed E-state index contributed by atoms with van der Waals surface area (Å²) in [6, 6.07) is 9.61. The molecule has 0 bridgehead atoms. The van der Waals surface area contributed by atoms with Crippen LogP contribution in [0.1, 0.15) is 18.3 Å². The SMILES string of the molecule is CCn1c(COc2ccc(Cl)cc2)nnc1SCC(=O)Nc1cc(C(F)(F)F)ccc1Cl. The second-order valence-electron chi connectivity index (χ2n) is 6.41. The fraction of sp³-hybridized carbons (Fsp3) is 0.250. The van der Waals surface area contributed by atoms with Crippen LogP contribution in [0, 0.1) is 0 Å². The average Bonchev–Trinajstić information content (AvgIpc) is 3.14. The van der Waals surface area contributed by atoms with Crippen LogP contribution >= 0.6 is 35.0 Å². The highest BCUT2D eigenvalue weighted by atomic mass is 35.5. The molecule has 0 fully saturated rings. The molecule has 1 aromatic heterocycles. The minimum atomic E-state index is -4.54. The molecule has 0 saturated heterocycles. The fourth-order valence-electron chi connectivity index (χ4n) is 2.64. The number of amides is 1. The number of carbonyl (C=O) groups is 1. The van der Waals surface area contributed by atoms with Crippen LogP contribution in [0.3, 0.4) is 0 Å². The third-order valence-corrected chi connectivity index (χ3v) is 5.74. The summed E-state index contributed by atoms with van der Waals surface area (Å²) < 4.78 is 46.1. The van der Waals surface area contributed by atoms with E-state index in [1.54, 1.807) is 28.8 Å². The van der Waals surface area contributed by atoms with Crippen molar-refractivity contribution in [1.29, 1.82) is 0 Å².